The maximum Gasteiger partial charge on any atom is 0.416 e. The predicted octanol–water partition coefficient (Wildman–Crippen LogP) is 7.39. The van der Waals surface area contributed by atoms with Crippen LogP contribution in [0.2, 0.25) is 0 Å². The fourth-order valence-corrected chi connectivity index (χ4v) is 4.13. The number of nitrogens with zero attached hydrogens (tertiary/aromatic N) is 1. The molecule has 0 radical (unpaired) electrons. The van der Waals surface area contributed by atoms with Gasteiger partial charge in [0.15, 0.2) is 0 Å². The number of fused-ring (bicyclic) bond motifs is 1. The summed E-state index contributed by atoms with van der Waals surface area (Å²) in [5, 5.41) is 2.57. The van der Waals surface area contributed by atoms with Crippen LogP contribution in [0.4, 0.5) is 13.2 Å². The van der Waals surface area contributed by atoms with Crippen LogP contribution in [0.1, 0.15) is 36.0 Å². The highest BCUT2D eigenvalue weighted by molar-refractivity contribution is 5.85. The van der Waals surface area contributed by atoms with Gasteiger partial charge in [0.2, 0.25) is 0 Å². The van der Waals surface area contributed by atoms with Gasteiger partial charge in [0.25, 0.3) is 0 Å². The van der Waals surface area contributed by atoms with E-state index in [1.54, 1.807) is 6.07 Å². The fourth-order valence-electron chi connectivity index (χ4n) is 4.13. The van der Waals surface area contributed by atoms with Crippen molar-refractivity contribution in [3.8, 4) is 0 Å². The number of unbranched alkanes of at least 4 members (excludes halogenated alkanes) is 1. The second-order valence-corrected chi connectivity index (χ2v) is 8.00. The molecule has 164 valence electrons. The van der Waals surface area contributed by atoms with Crippen LogP contribution in [0.15, 0.2) is 72.8 Å². The third-order valence-electron chi connectivity index (χ3n) is 5.86. The highest BCUT2D eigenvalue weighted by Gasteiger charge is 2.30. The first-order valence-electron chi connectivity index (χ1n) is 10.6. The van der Waals surface area contributed by atoms with E-state index in [4.69, 9.17) is 0 Å². The van der Waals surface area contributed by atoms with Gasteiger partial charge >= 0.3 is 6.18 Å². The molecule has 0 atom stereocenters. The summed E-state index contributed by atoms with van der Waals surface area (Å²) in [6.45, 7) is 2.74. The van der Waals surface area contributed by atoms with Crippen LogP contribution in [0.5, 0.6) is 0 Å². The molecule has 0 fully saturated rings. The zero-order valence-electron chi connectivity index (χ0n) is 17.4. The van der Waals surface area contributed by atoms with Gasteiger partial charge in [-0.1, -0.05) is 60.7 Å². The number of hydrogen-bond acceptors (Lipinski definition) is 1. The second kappa shape index (κ2) is 10.3. The molecule has 0 saturated carbocycles. The maximum absolute atomic E-state index is 12.9. The SMILES string of the molecule is Cl.FC(F)(F)c1cccc(C2=CCN(CCCCc3ccc4ccccc4c3)CC2)c1. The summed E-state index contributed by atoms with van der Waals surface area (Å²) in [5.74, 6) is 0. The molecule has 3 aromatic rings. The molecule has 3 aromatic carbocycles. The standard InChI is InChI=1S/C26H26F3N.ClH/c27-26(28,29)25-10-5-9-24(19-25)22-13-16-30(17-14-22)15-4-3-6-20-11-12-21-7-1-2-8-23(21)18-20;/h1-2,5,7-13,18-19H,3-4,6,14-17H2;1H. The number of alkyl halides is 3. The van der Waals surface area contributed by atoms with Gasteiger partial charge < -0.3 is 0 Å². The quantitative estimate of drug-likeness (QED) is 0.357. The van der Waals surface area contributed by atoms with Gasteiger partial charge in [-0.25, -0.2) is 0 Å². The predicted molar refractivity (Wildman–Crippen MR) is 125 cm³/mol. The molecular formula is C26H27ClF3N. The lowest BCUT2D eigenvalue weighted by molar-refractivity contribution is -0.137. The minimum absolute atomic E-state index is 0. The van der Waals surface area contributed by atoms with E-state index in [0.717, 1.165) is 57.0 Å². The maximum atomic E-state index is 12.9. The van der Waals surface area contributed by atoms with E-state index in [-0.39, 0.29) is 12.4 Å². The summed E-state index contributed by atoms with van der Waals surface area (Å²) in [7, 11) is 0. The molecule has 5 heteroatoms. The third kappa shape index (κ3) is 6.11. The van der Waals surface area contributed by atoms with Gasteiger partial charge in [-0.2, -0.15) is 13.2 Å². The largest absolute Gasteiger partial charge is 0.416 e. The molecule has 4 rings (SSSR count). The van der Waals surface area contributed by atoms with Crippen molar-refractivity contribution in [2.75, 3.05) is 19.6 Å². The van der Waals surface area contributed by atoms with Gasteiger partial charge in [0.05, 0.1) is 5.56 Å². The van der Waals surface area contributed by atoms with Crippen molar-refractivity contribution in [1.82, 2.24) is 4.90 Å². The second-order valence-electron chi connectivity index (χ2n) is 8.00. The number of hydrogen-bond donors (Lipinski definition) is 0. The molecule has 0 N–H and O–H groups in total. The topological polar surface area (TPSA) is 3.24 Å². The first-order valence-corrected chi connectivity index (χ1v) is 10.6. The van der Waals surface area contributed by atoms with E-state index >= 15 is 0 Å². The van der Waals surface area contributed by atoms with Crippen LogP contribution in [0.25, 0.3) is 16.3 Å². The van der Waals surface area contributed by atoms with Gasteiger partial charge in [0.1, 0.15) is 0 Å². The summed E-state index contributed by atoms with van der Waals surface area (Å²) in [4.78, 5) is 2.39. The Morgan fingerprint density at radius 2 is 1.65 bits per heavy atom. The van der Waals surface area contributed by atoms with Crippen molar-refractivity contribution in [2.24, 2.45) is 0 Å². The summed E-state index contributed by atoms with van der Waals surface area (Å²) in [6.07, 6.45) is 1.93. The monoisotopic (exact) mass is 445 g/mol. The van der Waals surface area contributed by atoms with Gasteiger partial charge in [-0.05, 0) is 71.8 Å². The first kappa shape index (κ1) is 23.4. The third-order valence-corrected chi connectivity index (χ3v) is 5.86. The van der Waals surface area contributed by atoms with E-state index in [1.807, 2.05) is 0 Å². The number of rotatable bonds is 6. The van der Waals surface area contributed by atoms with Crippen LogP contribution >= 0.6 is 12.4 Å². The van der Waals surface area contributed by atoms with Gasteiger partial charge in [-0.15, -0.1) is 12.4 Å². The molecule has 0 aromatic heterocycles. The Morgan fingerprint density at radius 1 is 0.839 bits per heavy atom. The first-order chi connectivity index (χ1) is 14.5. The van der Waals surface area contributed by atoms with Crippen LogP contribution < -0.4 is 0 Å². The zero-order chi connectivity index (χ0) is 21.0. The summed E-state index contributed by atoms with van der Waals surface area (Å²) in [5.41, 5.74) is 2.52. The van der Waals surface area contributed by atoms with Crippen molar-refractivity contribution >= 4 is 28.8 Å². The molecular weight excluding hydrogens is 419 g/mol. The number of halogens is 4. The van der Waals surface area contributed by atoms with Crippen LogP contribution in [-0.2, 0) is 12.6 Å². The van der Waals surface area contributed by atoms with Crippen molar-refractivity contribution in [2.45, 2.75) is 31.9 Å². The van der Waals surface area contributed by atoms with Crippen molar-refractivity contribution in [1.29, 1.82) is 0 Å². The minimum atomic E-state index is -4.29. The minimum Gasteiger partial charge on any atom is -0.299 e. The molecule has 0 saturated heterocycles. The van der Waals surface area contributed by atoms with Gasteiger partial charge in [0, 0.05) is 13.1 Å². The number of benzene rings is 3. The lowest BCUT2D eigenvalue weighted by Crippen LogP contribution is -2.29. The van der Waals surface area contributed by atoms with E-state index in [9.17, 15) is 13.2 Å². The molecule has 0 aliphatic carbocycles. The Hall–Kier alpha value is -2.30. The Balaban J connectivity index is 0.00000272. The van der Waals surface area contributed by atoms with Crippen molar-refractivity contribution in [3.63, 3.8) is 0 Å². The number of aryl methyl sites for hydroxylation is 1. The average molecular weight is 446 g/mol. The molecule has 0 unspecified atom stereocenters. The highest BCUT2D eigenvalue weighted by atomic mass is 35.5. The average Bonchev–Trinajstić information content (AvgIpc) is 2.76. The molecule has 1 aliphatic heterocycles. The lowest BCUT2D eigenvalue weighted by atomic mass is 9.97. The normalized spacial score (nSPS) is 14.9. The Labute approximate surface area is 188 Å². The van der Waals surface area contributed by atoms with E-state index in [0.29, 0.717) is 5.56 Å². The fraction of sp³-hybridized carbons (Fsp3) is 0.308. The molecule has 0 bridgehead atoms. The highest BCUT2D eigenvalue weighted by Crippen LogP contribution is 2.32. The van der Waals surface area contributed by atoms with Crippen molar-refractivity contribution < 1.29 is 13.2 Å². The molecule has 0 spiro atoms. The van der Waals surface area contributed by atoms with Crippen LogP contribution in [-0.4, -0.2) is 24.5 Å². The van der Waals surface area contributed by atoms with Crippen molar-refractivity contribution in [3.05, 3.63) is 89.5 Å². The molecule has 1 nitrogen and oxygen atoms in total. The molecule has 1 heterocycles. The summed E-state index contributed by atoms with van der Waals surface area (Å²) >= 11 is 0. The lowest BCUT2D eigenvalue weighted by Gasteiger charge is -2.26. The van der Waals surface area contributed by atoms with E-state index in [2.05, 4.69) is 53.4 Å². The Bertz CT molecular complexity index is 1040. The Kier molecular flexibility index (Phi) is 7.79. The van der Waals surface area contributed by atoms with Gasteiger partial charge in [-0.3, -0.25) is 4.90 Å². The molecule has 31 heavy (non-hydrogen) atoms. The Morgan fingerprint density at radius 3 is 2.39 bits per heavy atom. The van der Waals surface area contributed by atoms with Crippen LogP contribution in [0, 0.1) is 0 Å². The zero-order valence-corrected chi connectivity index (χ0v) is 18.2. The smallest absolute Gasteiger partial charge is 0.299 e. The van der Waals surface area contributed by atoms with E-state index < -0.39 is 11.7 Å². The van der Waals surface area contributed by atoms with E-state index in [1.165, 1.54) is 28.5 Å². The molecule has 0 amide bonds. The van der Waals surface area contributed by atoms with Crippen LogP contribution in [0.3, 0.4) is 0 Å². The summed E-state index contributed by atoms with van der Waals surface area (Å²) in [6, 6.07) is 20.8. The summed E-state index contributed by atoms with van der Waals surface area (Å²) < 4.78 is 38.8. The molecule has 1 aliphatic rings.